The molecule has 5 heteroatoms. The molecule has 2 aromatic rings. The number of para-hydroxylation sites is 1. The zero-order valence-electron chi connectivity index (χ0n) is 16.6. The lowest BCUT2D eigenvalue weighted by molar-refractivity contribution is -0.119. The van der Waals surface area contributed by atoms with Crippen LogP contribution in [0.25, 0.3) is 0 Å². The fourth-order valence-electron chi connectivity index (χ4n) is 3.62. The maximum Gasteiger partial charge on any atom is 0.216 e. The van der Waals surface area contributed by atoms with Gasteiger partial charge < -0.3 is 15.1 Å². The zero-order valence-corrected chi connectivity index (χ0v) is 16.6. The summed E-state index contributed by atoms with van der Waals surface area (Å²) in [6, 6.07) is 19.4. The highest BCUT2D eigenvalue weighted by atomic mass is 16.1. The molecule has 1 aliphatic heterocycles. The average molecular weight is 367 g/mol. The van der Waals surface area contributed by atoms with E-state index in [-0.39, 0.29) is 11.9 Å². The number of hydrogen-bond donors (Lipinski definition) is 1. The van der Waals surface area contributed by atoms with E-state index in [2.05, 4.69) is 74.6 Å². The quantitative estimate of drug-likeness (QED) is 0.853. The first-order chi connectivity index (χ1) is 13.0. The first-order valence-electron chi connectivity index (χ1n) is 9.60. The molecule has 1 N–H and O–H groups in total. The normalized spacial score (nSPS) is 16.0. The molecule has 1 atom stereocenters. The number of nitrogens with one attached hydrogen (secondary N) is 1. The lowest BCUT2D eigenvalue weighted by Crippen LogP contribution is -2.49. The predicted molar refractivity (Wildman–Crippen MR) is 112 cm³/mol. The number of anilines is 2. The summed E-state index contributed by atoms with van der Waals surface area (Å²) in [5.74, 6) is 0.0211. The summed E-state index contributed by atoms with van der Waals surface area (Å²) in [5.41, 5.74) is 3.72. The summed E-state index contributed by atoms with van der Waals surface area (Å²) in [7, 11) is 4.10. The van der Waals surface area contributed by atoms with Gasteiger partial charge in [0.2, 0.25) is 5.91 Å². The number of benzene rings is 2. The van der Waals surface area contributed by atoms with Crippen LogP contribution >= 0.6 is 0 Å². The highest BCUT2D eigenvalue weighted by molar-refractivity contribution is 5.72. The van der Waals surface area contributed by atoms with E-state index in [1.54, 1.807) is 6.92 Å². The van der Waals surface area contributed by atoms with Crippen molar-refractivity contribution >= 4 is 17.3 Å². The van der Waals surface area contributed by atoms with E-state index in [4.69, 9.17) is 0 Å². The minimum absolute atomic E-state index is 0.0211. The van der Waals surface area contributed by atoms with Gasteiger partial charge in [0.1, 0.15) is 0 Å². The van der Waals surface area contributed by atoms with Gasteiger partial charge in [-0.2, -0.15) is 0 Å². The second-order valence-electron chi connectivity index (χ2n) is 7.30. The fraction of sp³-hybridized carbons (Fsp3) is 0.409. The molecule has 5 nitrogen and oxygen atoms in total. The van der Waals surface area contributed by atoms with Crippen LogP contribution < -0.4 is 15.1 Å². The van der Waals surface area contributed by atoms with Gasteiger partial charge in [-0.15, -0.1) is 0 Å². The molecule has 0 saturated carbocycles. The van der Waals surface area contributed by atoms with Crippen molar-refractivity contribution in [1.29, 1.82) is 0 Å². The Morgan fingerprint density at radius 3 is 2.19 bits per heavy atom. The second kappa shape index (κ2) is 8.91. The molecular formula is C22H30N4O. The van der Waals surface area contributed by atoms with Gasteiger partial charge in [0.25, 0.3) is 0 Å². The summed E-state index contributed by atoms with van der Waals surface area (Å²) >= 11 is 0. The summed E-state index contributed by atoms with van der Waals surface area (Å²) in [6.45, 7) is 6.18. The Kier molecular flexibility index (Phi) is 6.35. The SMILES string of the molecule is CC(=O)NCC(c1ccc(N(C)C)cc1)N1CCN(c2ccccc2)CC1. The molecular weight excluding hydrogens is 336 g/mol. The number of carbonyl (C=O) groups is 1. The second-order valence-corrected chi connectivity index (χ2v) is 7.30. The molecule has 0 radical (unpaired) electrons. The molecule has 1 fully saturated rings. The monoisotopic (exact) mass is 366 g/mol. The maximum atomic E-state index is 11.5. The van der Waals surface area contributed by atoms with Gasteiger partial charge in [-0.3, -0.25) is 9.69 Å². The van der Waals surface area contributed by atoms with E-state index in [1.807, 2.05) is 14.1 Å². The van der Waals surface area contributed by atoms with Crippen molar-refractivity contribution in [3.63, 3.8) is 0 Å². The van der Waals surface area contributed by atoms with Crippen LogP contribution in [0.1, 0.15) is 18.5 Å². The van der Waals surface area contributed by atoms with Crippen molar-refractivity contribution in [2.75, 3.05) is 56.6 Å². The summed E-state index contributed by atoms with van der Waals surface area (Å²) < 4.78 is 0. The van der Waals surface area contributed by atoms with Gasteiger partial charge in [0.05, 0.1) is 6.04 Å². The van der Waals surface area contributed by atoms with Crippen LogP contribution in [0, 0.1) is 0 Å². The van der Waals surface area contributed by atoms with Crippen molar-refractivity contribution in [2.45, 2.75) is 13.0 Å². The Balaban J connectivity index is 1.71. The molecule has 27 heavy (non-hydrogen) atoms. The number of carbonyl (C=O) groups excluding carboxylic acids is 1. The highest BCUT2D eigenvalue weighted by Crippen LogP contribution is 2.25. The average Bonchev–Trinajstić information content (AvgIpc) is 2.69. The Bertz CT molecular complexity index is 722. The van der Waals surface area contributed by atoms with E-state index in [9.17, 15) is 4.79 Å². The fourth-order valence-corrected chi connectivity index (χ4v) is 3.62. The zero-order chi connectivity index (χ0) is 19.2. The van der Waals surface area contributed by atoms with E-state index in [1.165, 1.54) is 16.9 Å². The van der Waals surface area contributed by atoms with Crippen molar-refractivity contribution in [1.82, 2.24) is 10.2 Å². The van der Waals surface area contributed by atoms with Crippen LogP contribution in [0.4, 0.5) is 11.4 Å². The van der Waals surface area contributed by atoms with Gasteiger partial charge in [-0.25, -0.2) is 0 Å². The molecule has 144 valence electrons. The summed E-state index contributed by atoms with van der Waals surface area (Å²) in [6.07, 6.45) is 0. The molecule has 2 aromatic carbocycles. The van der Waals surface area contributed by atoms with Crippen molar-refractivity contribution in [3.8, 4) is 0 Å². The Morgan fingerprint density at radius 1 is 1.00 bits per heavy atom. The van der Waals surface area contributed by atoms with E-state index >= 15 is 0 Å². The number of nitrogens with zero attached hydrogens (tertiary/aromatic N) is 3. The standard InChI is InChI=1S/C22H30N4O/c1-18(27)23-17-22(19-9-11-20(12-10-19)24(2)3)26-15-13-25(14-16-26)21-7-5-4-6-8-21/h4-12,22H,13-17H2,1-3H3,(H,23,27). The molecule has 0 bridgehead atoms. The first kappa shape index (κ1) is 19.2. The van der Waals surface area contributed by atoms with Crippen LogP contribution in [0.3, 0.4) is 0 Å². The molecule has 1 heterocycles. The van der Waals surface area contributed by atoms with E-state index in [0.717, 1.165) is 26.2 Å². The lowest BCUT2D eigenvalue weighted by atomic mass is 10.0. The molecule has 0 spiro atoms. The Labute approximate surface area is 162 Å². The number of piperazine rings is 1. The first-order valence-corrected chi connectivity index (χ1v) is 9.60. The number of hydrogen-bond acceptors (Lipinski definition) is 4. The van der Waals surface area contributed by atoms with Gasteiger partial charge in [-0.05, 0) is 29.8 Å². The third-order valence-corrected chi connectivity index (χ3v) is 5.21. The third kappa shape index (κ3) is 5.01. The molecule has 3 rings (SSSR count). The predicted octanol–water partition coefficient (Wildman–Crippen LogP) is 2.75. The van der Waals surface area contributed by atoms with Crippen molar-refractivity contribution < 1.29 is 4.79 Å². The smallest absolute Gasteiger partial charge is 0.216 e. The van der Waals surface area contributed by atoms with E-state index < -0.39 is 0 Å². The van der Waals surface area contributed by atoms with E-state index in [0.29, 0.717) is 6.54 Å². The summed E-state index contributed by atoms with van der Waals surface area (Å²) in [5, 5.41) is 3.02. The molecule has 0 aromatic heterocycles. The number of amides is 1. The van der Waals surface area contributed by atoms with Gasteiger partial charge >= 0.3 is 0 Å². The summed E-state index contributed by atoms with van der Waals surface area (Å²) in [4.78, 5) is 18.5. The largest absolute Gasteiger partial charge is 0.378 e. The number of rotatable bonds is 6. The van der Waals surface area contributed by atoms with Crippen LogP contribution in [0.15, 0.2) is 54.6 Å². The lowest BCUT2D eigenvalue weighted by Gasteiger charge is -2.40. The van der Waals surface area contributed by atoms with Gasteiger partial charge in [0, 0.05) is 65.1 Å². The van der Waals surface area contributed by atoms with Crippen LogP contribution in [-0.2, 0) is 4.79 Å². The minimum Gasteiger partial charge on any atom is -0.378 e. The van der Waals surface area contributed by atoms with Crippen LogP contribution in [-0.4, -0.2) is 57.6 Å². The van der Waals surface area contributed by atoms with Crippen LogP contribution in [0.5, 0.6) is 0 Å². The molecule has 1 unspecified atom stereocenters. The molecule has 0 aliphatic carbocycles. The Morgan fingerprint density at radius 2 is 1.63 bits per heavy atom. The maximum absolute atomic E-state index is 11.5. The topological polar surface area (TPSA) is 38.8 Å². The van der Waals surface area contributed by atoms with Crippen molar-refractivity contribution in [2.24, 2.45) is 0 Å². The molecule has 1 saturated heterocycles. The van der Waals surface area contributed by atoms with Gasteiger partial charge in [-0.1, -0.05) is 30.3 Å². The third-order valence-electron chi connectivity index (χ3n) is 5.21. The van der Waals surface area contributed by atoms with Gasteiger partial charge in [0.15, 0.2) is 0 Å². The van der Waals surface area contributed by atoms with Crippen molar-refractivity contribution in [3.05, 3.63) is 60.2 Å². The molecule has 1 aliphatic rings. The Hall–Kier alpha value is -2.53. The van der Waals surface area contributed by atoms with Crippen LogP contribution in [0.2, 0.25) is 0 Å². The molecule has 1 amide bonds. The highest BCUT2D eigenvalue weighted by Gasteiger charge is 2.25. The minimum atomic E-state index is 0.0211.